The van der Waals surface area contributed by atoms with Crippen molar-refractivity contribution >= 4 is 18.5 Å². The fourth-order valence-corrected chi connectivity index (χ4v) is 1.89. The molecule has 0 N–H and O–H groups in total. The van der Waals surface area contributed by atoms with Crippen molar-refractivity contribution in [1.82, 2.24) is 4.90 Å². The van der Waals surface area contributed by atoms with Crippen LogP contribution in [0.5, 0.6) is 0 Å². The Kier molecular flexibility index (Phi) is 5.20. The van der Waals surface area contributed by atoms with Gasteiger partial charge in [0.05, 0.1) is 11.3 Å². The van der Waals surface area contributed by atoms with Gasteiger partial charge in [-0.3, -0.25) is 4.79 Å². The summed E-state index contributed by atoms with van der Waals surface area (Å²) in [6, 6.07) is 6.22. The Hall–Kier alpha value is -1.03. The first-order valence-corrected chi connectivity index (χ1v) is 6.57. The molecule has 100 valence electrons. The van der Waals surface area contributed by atoms with Crippen molar-refractivity contribution in [3.05, 3.63) is 35.6 Å². The molecule has 4 heteroatoms. The van der Waals surface area contributed by atoms with Gasteiger partial charge in [-0.15, -0.1) is 0 Å². The van der Waals surface area contributed by atoms with Crippen molar-refractivity contribution in [3.8, 4) is 0 Å². The molecule has 2 atom stereocenters. The van der Waals surface area contributed by atoms with Crippen LogP contribution in [-0.2, 0) is 4.79 Å². The minimum Gasteiger partial charge on any atom is -0.338 e. The molecule has 0 radical (unpaired) electrons. The number of amides is 1. The average molecular weight is 269 g/mol. The molecule has 0 fully saturated rings. The lowest BCUT2D eigenvalue weighted by Gasteiger charge is -2.29. The Labute approximate surface area is 114 Å². The largest absolute Gasteiger partial charge is 0.338 e. The number of halogens is 1. The van der Waals surface area contributed by atoms with Crippen molar-refractivity contribution in [2.24, 2.45) is 5.92 Å². The van der Waals surface area contributed by atoms with Gasteiger partial charge in [0.25, 0.3) is 0 Å². The summed E-state index contributed by atoms with van der Waals surface area (Å²) in [4.78, 5) is 13.7. The molecular formula is C14H20FNOS. The van der Waals surface area contributed by atoms with E-state index in [1.54, 1.807) is 30.1 Å². The van der Waals surface area contributed by atoms with Gasteiger partial charge in [-0.2, -0.15) is 12.6 Å². The quantitative estimate of drug-likeness (QED) is 0.832. The van der Waals surface area contributed by atoms with Gasteiger partial charge in [0.2, 0.25) is 5.91 Å². The highest BCUT2D eigenvalue weighted by molar-refractivity contribution is 7.81. The van der Waals surface area contributed by atoms with E-state index in [0.717, 1.165) is 0 Å². The maximum Gasteiger partial charge on any atom is 0.235 e. The summed E-state index contributed by atoms with van der Waals surface area (Å²) in [7, 11) is 1.69. The van der Waals surface area contributed by atoms with Crippen LogP contribution in [0.2, 0.25) is 0 Å². The standard InChI is InChI=1S/C14H20FNOS/c1-9(2)13(18)14(17)16(4)10(3)11-7-5-6-8-12(11)15/h5-10,13,18H,1-4H3. The number of thiol groups is 1. The molecule has 18 heavy (non-hydrogen) atoms. The number of hydrogen-bond donors (Lipinski definition) is 1. The van der Waals surface area contributed by atoms with Crippen molar-refractivity contribution in [3.63, 3.8) is 0 Å². The number of carbonyl (C=O) groups is 1. The van der Waals surface area contributed by atoms with Gasteiger partial charge in [-0.1, -0.05) is 32.0 Å². The Morgan fingerprint density at radius 1 is 1.28 bits per heavy atom. The molecule has 1 amide bonds. The molecule has 0 saturated carbocycles. The maximum atomic E-state index is 13.7. The van der Waals surface area contributed by atoms with Crippen LogP contribution in [0.1, 0.15) is 32.4 Å². The van der Waals surface area contributed by atoms with Crippen LogP contribution in [0.3, 0.4) is 0 Å². The molecule has 0 saturated heterocycles. The molecule has 1 rings (SSSR count). The summed E-state index contributed by atoms with van der Waals surface area (Å²) in [5, 5.41) is -0.357. The highest BCUT2D eigenvalue weighted by atomic mass is 32.1. The first-order chi connectivity index (χ1) is 8.36. The minimum absolute atomic E-state index is 0.0795. The molecule has 0 aliphatic heterocycles. The first-order valence-electron chi connectivity index (χ1n) is 6.05. The third-order valence-electron chi connectivity index (χ3n) is 3.17. The van der Waals surface area contributed by atoms with E-state index in [1.165, 1.54) is 6.07 Å². The predicted octanol–water partition coefficient (Wildman–Crippen LogP) is 3.30. The molecule has 2 unspecified atom stereocenters. The molecule has 2 nitrogen and oxygen atoms in total. The number of benzene rings is 1. The van der Waals surface area contributed by atoms with E-state index in [2.05, 4.69) is 12.6 Å². The van der Waals surface area contributed by atoms with Gasteiger partial charge in [0.1, 0.15) is 5.82 Å². The lowest BCUT2D eigenvalue weighted by Crippen LogP contribution is -2.38. The zero-order chi connectivity index (χ0) is 13.9. The molecule has 0 aliphatic carbocycles. The topological polar surface area (TPSA) is 20.3 Å². The summed E-state index contributed by atoms with van der Waals surface area (Å²) in [5.41, 5.74) is 0.526. The van der Waals surface area contributed by atoms with Crippen LogP contribution in [0.4, 0.5) is 4.39 Å². The zero-order valence-corrected chi connectivity index (χ0v) is 12.1. The number of carbonyl (C=O) groups excluding carboxylic acids is 1. The SMILES string of the molecule is CC(C)C(S)C(=O)N(C)C(C)c1ccccc1F. The van der Waals surface area contributed by atoms with E-state index < -0.39 is 0 Å². The second kappa shape index (κ2) is 6.23. The van der Waals surface area contributed by atoms with Gasteiger partial charge >= 0.3 is 0 Å². The summed E-state index contributed by atoms with van der Waals surface area (Å²) in [6.45, 7) is 5.70. The molecule has 0 bridgehead atoms. The van der Waals surface area contributed by atoms with Crippen molar-refractivity contribution in [2.75, 3.05) is 7.05 Å². The molecule has 0 aliphatic rings. The predicted molar refractivity (Wildman–Crippen MR) is 75.2 cm³/mol. The number of hydrogen-bond acceptors (Lipinski definition) is 2. The van der Waals surface area contributed by atoms with Crippen LogP contribution in [0, 0.1) is 11.7 Å². The Balaban J connectivity index is 2.88. The van der Waals surface area contributed by atoms with E-state index in [4.69, 9.17) is 0 Å². The lowest BCUT2D eigenvalue weighted by molar-refractivity contribution is -0.131. The summed E-state index contributed by atoms with van der Waals surface area (Å²) in [6.07, 6.45) is 0. The third-order valence-corrected chi connectivity index (χ3v) is 3.99. The van der Waals surface area contributed by atoms with Gasteiger partial charge in [-0.25, -0.2) is 4.39 Å². The normalized spacial score (nSPS) is 14.4. The van der Waals surface area contributed by atoms with E-state index in [1.807, 2.05) is 20.8 Å². The summed E-state index contributed by atoms with van der Waals surface area (Å²) < 4.78 is 13.7. The summed E-state index contributed by atoms with van der Waals surface area (Å²) >= 11 is 4.31. The highest BCUT2D eigenvalue weighted by Gasteiger charge is 2.26. The molecule has 1 aromatic rings. The average Bonchev–Trinajstić information content (AvgIpc) is 2.35. The van der Waals surface area contributed by atoms with Crippen LogP contribution in [0.15, 0.2) is 24.3 Å². The molecule has 1 aromatic carbocycles. The smallest absolute Gasteiger partial charge is 0.235 e. The van der Waals surface area contributed by atoms with Crippen LogP contribution < -0.4 is 0 Å². The number of nitrogens with zero attached hydrogens (tertiary/aromatic N) is 1. The summed E-state index contributed by atoms with van der Waals surface area (Å²) in [5.74, 6) is -0.217. The highest BCUT2D eigenvalue weighted by Crippen LogP contribution is 2.24. The van der Waals surface area contributed by atoms with E-state index >= 15 is 0 Å². The number of rotatable bonds is 4. The second-order valence-electron chi connectivity index (χ2n) is 4.84. The molecular weight excluding hydrogens is 249 g/mol. The van der Waals surface area contributed by atoms with Crippen molar-refractivity contribution in [1.29, 1.82) is 0 Å². The Morgan fingerprint density at radius 2 is 1.83 bits per heavy atom. The van der Waals surface area contributed by atoms with E-state index in [9.17, 15) is 9.18 Å². The van der Waals surface area contributed by atoms with Crippen molar-refractivity contribution in [2.45, 2.75) is 32.1 Å². The zero-order valence-electron chi connectivity index (χ0n) is 11.2. The van der Waals surface area contributed by atoms with Crippen LogP contribution >= 0.6 is 12.6 Å². The monoisotopic (exact) mass is 269 g/mol. The maximum absolute atomic E-state index is 13.7. The fraction of sp³-hybridized carbons (Fsp3) is 0.500. The second-order valence-corrected chi connectivity index (χ2v) is 5.39. The van der Waals surface area contributed by atoms with Crippen LogP contribution in [-0.4, -0.2) is 23.1 Å². The molecule has 0 heterocycles. The van der Waals surface area contributed by atoms with Crippen LogP contribution in [0.25, 0.3) is 0 Å². The fourth-order valence-electron chi connectivity index (χ4n) is 1.71. The Bertz CT molecular complexity index is 422. The van der Waals surface area contributed by atoms with Gasteiger partial charge in [0, 0.05) is 12.6 Å². The Morgan fingerprint density at radius 3 is 2.33 bits per heavy atom. The van der Waals surface area contributed by atoms with E-state index in [-0.39, 0.29) is 28.9 Å². The minimum atomic E-state index is -0.357. The van der Waals surface area contributed by atoms with Gasteiger partial charge in [-0.05, 0) is 18.9 Å². The van der Waals surface area contributed by atoms with E-state index in [0.29, 0.717) is 5.56 Å². The molecule has 0 spiro atoms. The lowest BCUT2D eigenvalue weighted by atomic mass is 10.0. The third kappa shape index (κ3) is 3.25. The first kappa shape index (κ1) is 15.0. The van der Waals surface area contributed by atoms with Crippen molar-refractivity contribution < 1.29 is 9.18 Å². The van der Waals surface area contributed by atoms with Gasteiger partial charge < -0.3 is 4.90 Å². The molecule has 0 aromatic heterocycles. The van der Waals surface area contributed by atoms with Gasteiger partial charge in [0.15, 0.2) is 0 Å².